The molecular formula is C12H20N6. The summed E-state index contributed by atoms with van der Waals surface area (Å²) in [6.07, 6.45) is 2.62. The van der Waals surface area contributed by atoms with Crippen LogP contribution in [0.25, 0.3) is 11.2 Å². The minimum atomic E-state index is 0.309. The second-order valence-corrected chi connectivity index (χ2v) is 5.19. The third-order valence-electron chi connectivity index (χ3n) is 2.64. The highest BCUT2D eigenvalue weighted by Crippen LogP contribution is 2.17. The van der Waals surface area contributed by atoms with Crippen molar-refractivity contribution in [3.8, 4) is 0 Å². The summed E-state index contributed by atoms with van der Waals surface area (Å²) in [4.78, 5) is 8.49. The van der Waals surface area contributed by atoms with Gasteiger partial charge < -0.3 is 5.32 Å². The fraction of sp³-hybridized carbons (Fsp3) is 0.667. The van der Waals surface area contributed by atoms with Gasteiger partial charge in [0.2, 0.25) is 0 Å². The van der Waals surface area contributed by atoms with Gasteiger partial charge >= 0.3 is 0 Å². The molecule has 0 aliphatic heterocycles. The van der Waals surface area contributed by atoms with Gasteiger partial charge in [-0.25, -0.2) is 14.6 Å². The molecule has 0 unspecified atom stereocenters. The van der Waals surface area contributed by atoms with Gasteiger partial charge in [0.05, 0.1) is 0 Å². The van der Waals surface area contributed by atoms with Crippen LogP contribution in [0.2, 0.25) is 0 Å². The Hall–Kier alpha value is -1.72. The quantitative estimate of drug-likeness (QED) is 0.877. The molecule has 0 saturated carbocycles. The van der Waals surface area contributed by atoms with Gasteiger partial charge in [0.25, 0.3) is 0 Å². The standard InChI is InChI=1S/C12H20N6/c1-8(2)5-6-18-12-10(16-17-18)11(13-7-14-12)15-9(3)4/h7-9H,5-6H2,1-4H3,(H,13,14,15). The van der Waals surface area contributed by atoms with Crippen LogP contribution >= 0.6 is 0 Å². The molecule has 1 N–H and O–H groups in total. The molecule has 98 valence electrons. The topological polar surface area (TPSA) is 68.5 Å². The second kappa shape index (κ2) is 5.29. The number of rotatable bonds is 5. The summed E-state index contributed by atoms with van der Waals surface area (Å²) in [5, 5.41) is 11.6. The zero-order valence-corrected chi connectivity index (χ0v) is 11.4. The predicted molar refractivity (Wildman–Crippen MR) is 71.3 cm³/mol. The largest absolute Gasteiger partial charge is 0.366 e. The predicted octanol–water partition coefficient (Wildman–Crippen LogP) is 2.09. The molecule has 0 amide bonds. The first-order valence-corrected chi connectivity index (χ1v) is 6.38. The lowest BCUT2D eigenvalue weighted by Gasteiger charge is -2.08. The molecule has 6 heteroatoms. The highest BCUT2D eigenvalue weighted by Gasteiger charge is 2.12. The molecule has 0 saturated heterocycles. The number of hydrogen-bond acceptors (Lipinski definition) is 5. The van der Waals surface area contributed by atoms with Crippen molar-refractivity contribution in [2.75, 3.05) is 5.32 Å². The Morgan fingerprint density at radius 2 is 2.00 bits per heavy atom. The van der Waals surface area contributed by atoms with E-state index < -0.39 is 0 Å². The summed E-state index contributed by atoms with van der Waals surface area (Å²) >= 11 is 0. The molecule has 0 spiro atoms. The van der Waals surface area contributed by atoms with Crippen LogP contribution in [-0.4, -0.2) is 31.0 Å². The summed E-state index contributed by atoms with van der Waals surface area (Å²) in [6, 6.07) is 0.309. The van der Waals surface area contributed by atoms with Gasteiger partial charge in [-0.3, -0.25) is 0 Å². The van der Waals surface area contributed by atoms with Gasteiger partial charge in [0.15, 0.2) is 17.0 Å². The van der Waals surface area contributed by atoms with Crippen molar-refractivity contribution in [3.63, 3.8) is 0 Å². The van der Waals surface area contributed by atoms with Crippen molar-refractivity contribution in [3.05, 3.63) is 6.33 Å². The first kappa shape index (κ1) is 12.7. The van der Waals surface area contributed by atoms with Gasteiger partial charge in [-0.05, 0) is 26.2 Å². The zero-order valence-electron chi connectivity index (χ0n) is 11.4. The van der Waals surface area contributed by atoms with E-state index in [1.807, 2.05) is 4.68 Å². The molecule has 2 rings (SSSR count). The average Bonchev–Trinajstić information content (AvgIpc) is 2.70. The number of aromatic nitrogens is 5. The lowest BCUT2D eigenvalue weighted by atomic mass is 10.1. The number of anilines is 1. The molecule has 18 heavy (non-hydrogen) atoms. The lowest BCUT2D eigenvalue weighted by molar-refractivity contribution is 0.485. The Morgan fingerprint density at radius 3 is 2.67 bits per heavy atom. The van der Waals surface area contributed by atoms with E-state index in [9.17, 15) is 0 Å². The molecule has 0 bridgehead atoms. The van der Waals surface area contributed by atoms with Gasteiger partial charge in [-0.1, -0.05) is 19.1 Å². The molecule has 0 aliphatic carbocycles. The van der Waals surface area contributed by atoms with E-state index in [4.69, 9.17) is 0 Å². The summed E-state index contributed by atoms with van der Waals surface area (Å²) in [5.41, 5.74) is 1.55. The van der Waals surface area contributed by atoms with E-state index in [0.29, 0.717) is 12.0 Å². The summed E-state index contributed by atoms with van der Waals surface area (Å²) < 4.78 is 1.85. The summed E-state index contributed by atoms with van der Waals surface area (Å²) in [7, 11) is 0. The molecule has 0 fully saturated rings. The Bertz CT molecular complexity index is 516. The van der Waals surface area contributed by atoms with Crippen molar-refractivity contribution in [1.82, 2.24) is 25.0 Å². The molecule has 2 heterocycles. The Labute approximate surface area is 107 Å². The van der Waals surface area contributed by atoms with Gasteiger partial charge in [-0.2, -0.15) is 0 Å². The van der Waals surface area contributed by atoms with Crippen LogP contribution < -0.4 is 5.32 Å². The third-order valence-corrected chi connectivity index (χ3v) is 2.64. The molecular weight excluding hydrogens is 228 g/mol. The molecule has 0 atom stereocenters. The van der Waals surface area contributed by atoms with E-state index in [2.05, 4.69) is 53.3 Å². The van der Waals surface area contributed by atoms with Gasteiger partial charge in [0.1, 0.15) is 6.33 Å². The Morgan fingerprint density at radius 1 is 1.22 bits per heavy atom. The third kappa shape index (κ3) is 2.75. The minimum Gasteiger partial charge on any atom is -0.366 e. The first-order chi connectivity index (χ1) is 8.58. The maximum Gasteiger partial charge on any atom is 0.183 e. The number of nitrogens with zero attached hydrogens (tertiary/aromatic N) is 5. The van der Waals surface area contributed by atoms with Crippen molar-refractivity contribution in [1.29, 1.82) is 0 Å². The van der Waals surface area contributed by atoms with Crippen LogP contribution in [-0.2, 0) is 6.54 Å². The Balaban J connectivity index is 2.30. The van der Waals surface area contributed by atoms with Crippen molar-refractivity contribution in [2.24, 2.45) is 5.92 Å². The zero-order chi connectivity index (χ0) is 13.1. The fourth-order valence-electron chi connectivity index (χ4n) is 1.70. The average molecular weight is 248 g/mol. The van der Waals surface area contributed by atoms with Crippen LogP contribution in [0, 0.1) is 5.92 Å². The second-order valence-electron chi connectivity index (χ2n) is 5.19. The van der Waals surface area contributed by atoms with Crippen molar-refractivity contribution < 1.29 is 0 Å². The monoisotopic (exact) mass is 248 g/mol. The van der Waals surface area contributed by atoms with Crippen molar-refractivity contribution >= 4 is 17.0 Å². The van der Waals surface area contributed by atoms with Crippen LogP contribution in [0.4, 0.5) is 5.82 Å². The van der Waals surface area contributed by atoms with Crippen LogP contribution in [0.3, 0.4) is 0 Å². The maximum absolute atomic E-state index is 4.27. The molecule has 2 aromatic heterocycles. The first-order valence-electron chi connectivity index (χ1n) is 6.38. The molecule has 2 aromatic rings. The number of nitrogens with one attached hydrogen (secondary N) is 1. The van der Waals surface area contributed by atoms with Gasteiger partial charge in [0, 0.05) is 12.6 Å². The van der Waals surface area contributed by atoms with E-state index in [0.717, 1.165) is 29.9 Å². The highest BCUT2D eigenvalue weighted by molar-refractivity contribution is 5.81. The number of aryl methyl sites for hydroxylation is 1. The Kier molecular flexibility index (Phi) is 3.74. The van der Waals surface area contributed by atoms with Crippen LogP contribution in [0.1, 0.15) is 34.1 Å². The van der Waals surface area contributed by atoms with E-state index >= 15 is 0 Å². The summed E-state index contributed by atoms with van der Waals surface area (Å²) in [5.74, 6) is 1.39. The SMILES string of the molecule is CC(C)CCn1nnc2c(NC(C)C)ncnc21. The fourth-order valence-corrected chi connectivity index (χ4v) is 1.70. The number of fused-ring (bicyclic) bond motifs is 1. The van der Waals surface area contributed by atoms with E-state index in [1.165, 1.54) is 0 Å². The molecule has 0 aliphatic rings. The van der Waals surface area contributed by atoms with E-state index in [-0.39, 0.29) is 0 Å². The summed E-state index contributed by atoms with van der Waals surface area (Å²) in [6.45, 7) is 9.36. The molecule has 6 nitrogen and oxygen atoms in total. The smallest absolute Gasteiger partial charge is 0.183 e. The number of hydrogen-bond donors (Lipinski definition) is 1. The lowest BCUT2D eigenvalue weighted by Crippen LogP contribution is -2.11. The van der Waals surface area contributed by atoms with Crippen LogP contribution in [0.5, 0.6) is 0 Å². The molecule has 0 aromatic carbocycles. The maximum atomic E-state index is 4.27. The van der Waals surface area contributed by atoms with Crippen LogP contribution in [0.15, 0.2) is 6.33 Å². The van der Waals surface area contributed by atoms with Gasteiger partial charge in [-0.15, -0.1) is 5.10 Å². The highest BCUT2D eigenvalue weighted by atomic mass is 15.4. The minimum absolute atomic E-state index is 0.309. The van der Waals surface area contributed by atoms with Crippen molar-refractivity contribution in [2.45, 2.75) is 46.7 Å². The van der Waals surface area contributed by atoms with E-state index in [1.54, 1.807) is 6.33 Å². The normalized spacial score (nSPS) is 11.7. The molecule has 0 radical (unpaired) electrons.